The van der Waals surface area contributed by atoms with Gasteiger partial charge in [0.05, 0.1) is 16.6 Å². The lowest BCUT2D eigenvalue weighted by Crippen LogP contribution is -2.30. The highest BCUT2D eigenvalue weighted by atomic mass is 32.1. The van der Waals surface area contributed by atoms with Gasteiger partial charge in [-0.3, -0.25) is 19.0 Å². The Hall–Kier alpha value is -2.22. The van der Waals surface area contributed by atoms with Gasteiger partial charge in [0.1, 0.15) is 17.5 Å². The highest BCUT2D eigenvalue weighted by molar-refractivity contribution is 7.20. The van der Waals surface area contributed by atoms with Crippen molar-refractivity contribution in [1.29, 1.82) is 0 Å². The average Bonchev–Trinajstić information content (AvgIpc) is 2.88. The SMILES string of the molecule is Cc1c(C(N)=O)sc2ncn(CC(=O)O[C@H]3CCC[C@H](C)C3)c(=O)c12. The molecule has 1 saturated carbocycles. The molecule has 1 fully saturated rings. The summed E-state index contributed by atoms with van der Waals surface area (Å²) in [6.07, 6.45) is 5.19. The summed E-state index contributed by atoms with van der Waals surface area (Å²) in [5.74, 6) is -0.476. The molecule has 2 aromatic rings. The molecule has 0 bridgehead atoms. The van der Waals surface area contributed by atoms with Crippen LogP contribution in [0, 0.1) is 12.8 Å². The van der Waals surface area contributed by atoms with Crippen molar-refractivity contribution in [3.05, 3.63) is 27.1 Å². The van der Waals surface area contributed by atoms with E-state index in [-0.39, 0.29) is 18.2 Å². The number of hydrogen-bond donors (Lipinski definition) is 1. The smallest absolute Gasteiger partial charge is 0.326 e. The summed E-state index contributed by atoms with van der Waals surface area (Å²) in [6, 6.07) is 0. The fourth-order valence-electron chi connectivity index (χ4n) is 3.35. The van der Waals surface area contributed by atoms with Gasteiger partial charge < -0.3 is 10.5 Å². The summed E-state index contributed by atoms with van der Waals surface area (Å²) in [5, 5.41) is 0.334. The van der Waals surface area contributed by atoms with E-state index in [1.807, 2.05) is 0 Å². The van der Waals surface area contributed by atoms with Crippen molar-refractivity contribution >= 4 is 33.4 Å². The Bertz CT molecular complexity index is 886. The zero-order chi connectivity index (χ0) is 18.1. The molecular weight excluding hydrogens is 342 g/mol. The van der Waals surface area contributed by atoms with E-state index in [9.17, 15) is 14.4 Å². The number of nitrogens with zero attached hydrogens (tertiary/aromatic N) is 2. The molecule has 25 heavy (non-hydrogen) atoms. The van der Waals surface area contributed by atoms with Crippen LogP contribution in [0.4, 0.5) is 0 Å². The van der Waals surface area contributed by atoms with Crippen LogP contribution < -0.4 is 11.3 Å². The van der Waals surface area contributed by atoms with Gasteiger partial charge in [0.25, 0.3) is 11.5 Å². The Morgan fingerprint density at radius 3 is 2.88 bits per heavy atom. The van der Waals surface area contributed by atoms with Crippen LogP contribution in [0.1, 0.15) is 47.8 Å². The highest BCUT2D eigenvalue weighted by Gasteiger charge is 2.23. The van der Waals surface area contributed by atoms with Crippen LogP contribution in [0.25, 0.3) is 10.2 Å². The van der Waals surface area contributed by atoms with Crippen molar-refractivity contribution in [1.82, 2.24) is 9.55 Å². The summed E-state index contributed by atoms with van der Waals surface area (Å²) in [5.41, 5.74) is 5.47. The minimum atomic E-state index is -0.586. The van der Waals surface area contributed by atoms with Gasteiger partial charge in [-0.2, -0.15) is 0 Å². The molecule has 1 aliphatic carbocycles. The van der Waals surface area contributed by atoms with Crippen LogP contribution in [-0.4, -0.2) is 27.5 Å². The summed E-state index contributed by atoms with van der Waals surface area (Å²) >= 11 is 1.09. The lowest BCUT2D eigenvalue weighted by Gasteiger charge is -2.26. The molecule has 2 N–H and O–H groups in total. The number of nitrogens with two attached hydrogens (primary N) is 1. The first-order valence-electron chi connectivity index (χ1n) is 8.34. The predicted molar refractivity (Wildman–Crippen MR) is 94.6 cm³/mol. The first kappa shape index (κ1) is 17.6. The second-order valence-corrected chi connectivity index (χ2v) is 7.66. The first-order valence-corrected chi connectivity index (χ1v) is 9.16. The molecule has 0 radical (unpaired) electrons. The normalized spacial score (nSPS) is 20.6. The quantitative estimate of drug-likeness (QED) is 0.837. The van der Waals surface area contributed by atoms with Gasteiger partial charge >= 0.3 is 5.97 Å². The number of rotatable bonds is 4. The standard InChI is InChI=1S/C17H21N3O4S/c1-9-4-3-5-11(6-9)24-12(21)7-20-8-19-16-13(17(20)23)10(2)14(25-16)15(18)22/h8-9,11H,3-7H2,1-2H3,(H2,18,22)/t9-,11-/m0/s1. The first-order chi connectivity index (χ1) is 11.9. The molecule has 134 valence electrons. The molecule has 2 heterocycles. The van der Waals surface area contributed by atoms with Gasteiger partial charge in [-0.15, -0.1) is 11.3 Å². The van der Waals surface area contributed by atoms with Gasteiger partial charge in [0.15, 0.2) is 0 Å². The third-order valence-corrected chi connectivity index (χ3v) is 5.84. The number of carbonyl (C=O) groups is 2. The van der Waals surface area contributed by atoms with Gasteiger partial charge in [-0.05, 0) is 37.7 Å². The van der Waals surface area contributed by atoms with Crippen LogP contribution >= 0.6 is 11.3 Å². The van der Waals surface area contributed by atoms with Crippen LogP contribution in [0.5, 0.6) is 0 Å². The zero-order valence-corrected chi connectivity index (χ0v) is 15.1. The number of fused-ring (bicyclic) bond motifs is 1. The van der Waals surface area contributed by atoms with Crippen molar-refractivity contribution in [3.63, 3.8) is 0 Å². The van der Waals surface area contributed by atoms with E-state index >= 15 is 0 Å². The van der Waals surface area contributed by atoms with Crippen molar-refractivity contribution in [3.8, 4) is 0 Å². The molecule has 3 rings (SSSR count). The number of aryl methyl sites for hydroxylation is 1. The summed E-state index contributed by atoms with van der Waals surface area (Å²) < 4.78 is 6.73. The van der Waals surface area contributed by atoms with Gasteiger partial charge in [-0.25, -0.2) is 4.98 Å². The fourth-order valence-corrected chi connectivity index (χ4v) is 4.35. The average molecular weight is 363 g/mol. The molecule has 1 aliphatic rings. The topological polar surface area (TPSA) is 104 Å². The number of ether oxygens (including phenoxy) is 1. The molecule has 0 aromatic carbocycles. The number of amides is 1. The number of primary amides is 1. The predicted octanol–water partition coefficient (Wildman–Crippen LogP) is 1.99. The van der Waals surface area contributed by atoms with E-state index in [0.29, 0.717) is 26.6 Å². The van der Waals surface area contributed by atoms with E-state index in [1.165, 1.54) is 10.9 Å². The second kappa shape index (κ2) is 6.95. The van der Waals surface area contributed by atoms with Gasteiger partial charge in [-0.1, -0.05) is 13.3 Å². The molecule has 7 nitrogen and oxygen atoms in total. The van der Waals surface area contributed by atoms with Crippen molar-refractivity contribution in [2.24, 2.45) is 11.7 Å². The number of thiophene rings is 1. The van der Waals surface area contributed by atoms with Crippen LogP contribution in [0.15, 0.2) is 11.1 Å². The van der Waals surface area contributed by atoms with Crippen molar-refractivity contribution < 1.29 is 14.3 Å². The van der Waals surface area contributed by atoms with Crippen LogP contribution in [0.2, 0.25) is 0 Å². The molecule has 2 atom stereocenters. The number of hydrogen-bond acceptors (Lipinski definition) is 6. The zero-order valence-electron chi connectivity index (χ0n) is 14.3. The van der Waals surface area contributed by atoms with Gasteiger partial charge in [0.2, 0.25) is 0 Å². The summed E-state index contributed by atoms with van der Waals surface area (Å²) in [6.45, 7) is 3.62. The van der Waals surface area contributed by atoms with E-state index in [1.54, 1.807) is 6.92 Å². The van der Waals surface area contributed by atoms with Crippen molar-refractivity contribution in [2.75, 3.05) is 0 Å². The maximum Gasteiger partial charge on any atom is 0.326 e. The lowest BCUT2D eigenvalue weighted by atomic mass is 9.89. The molecule has 0 aliphatic heterocycles. The number of carbonyl (C=O) groups excluding carboxylic acids is 2. The van der Waals surface area contributed by atoms with Gasteiger partial charge in [0, 0.05) is 0 Å². The maximum atomic E-state index is 12.6. The lowest BCUT2D eigenvalue weighted by molar-refractivity contribution is -0.152. The monoisotopic (exact) mass is 363 g/mol. The Balaban J connectivity index is 1.80. The summed E-state index contributed by atoms with van der Waals surface area (Å²) in [4.78, 5) is 41.2. The van der Waals surface area contributed by atoms with E-state index in [2.05, 4.69) is 11.9 Å². The Labute approximate surface area is 148 Å². The van der Waals surface area contributed by atoms with E-state index in [4.69, 9.17) is 10.5 Å². The minimum Gasteiger partial charge on any atom is -0.461 e. The highest BCUT2D eigenvalue weighted by Crippen LogP contribution is 2.27. The molecule has 0 unspecified atom stereocenters. The molecule has 8 heteroatoms. The molecule has 0 saturated heterocycles. The maximum absolute atomic E-state index is 12.6. The number of aromatic nitrogens is 2. The molecule has 0 spiro atoms. The van der Waals surface area contributed by atoms with E-state index in [0.717, 1.165) is 37.0 Å². The van der Waals surface area contributed by atoms with E-state index < -0.39 is 11.9 Å². The molecular formula is C17H21N3O4S. The Morgan fingerprint density at radius 1 is 1.44 bits per heavy atom. The molecule has 1 amide bonds. The third kappa shape index (κ3) is 3.58. The molecule has 2 aromatic heterocycles. The minimum absolute atomic E-state index is 0.0759. The second-order valence-electron chi connectivity index (χ2n) is 6.66. The number of esters is 1. The largest absolute Gasteiger partial charge is 0.461 e. The fraction of sp³-hybridized carbons (Fsp3) is 0.529. The summed E-state index contributed by atoms with van der Waals surface area (Å²) in [7, 11) is 0. The Morgan fingerprint density at radius 2 is 2.20 bits per heavy atom. The Kier molecular flexibility index (Phi) is 4.89. The van der Waals surface area contributed by atoms with Crippen LogP contribution in [-0.2, 0) is 16.1 Å². The third-order valence-electron chi connectivity index (χ3n) is 4.63. The van der Waals surface area contributed by atoms with Crippen molar-refractivity contribution in [2.45, 2.75) is 52.2 Å². The van der Waals surface area contributed by atoms with Crippen LogP contribution in [0.3, 0.4) is 0 Å².